The van der Waals surface area contributed by atoms with Gasteiger partial charge in [-0.05, 0) is 36.1 Å². The van der Waals surface area contributed by atoms with Crippen LogP contribution in [-0.2, 0) is 0 Å². The van der Waals surface area contributed by atoms with E-state index in [1.807, 2.05) is 12.1 Å². The second-order valence-electron chi connectivity index (χ2n) is 7.14. The highest BCUT2D eigenvalue weighted by Gasteiger charge is 2.30. The molecule has 1 saturated heterocycles. The van der Waals surface area contributed by atoms with Crippen molar-refractivity contribution in [2.75, 3.05) is 23.3 Å². The summed E-state index contributed by atoms with van der Waals surface area (Å²) in [6.45, 7) is 6.48. The second-order valence-corrected chi connectivity index (χ2v) is 7.14. The molecule has 0 saturated carbocycles. The Morgan fingerprint density at radius 3 is 2.88 bits per heavy atom. The normalized spacial score (nSPS) is 17.8. The zero-order valence-corrected chi connectivity index (χ0v) is 14.3. The van der Waals surface area contributed by atoms with E-state index in [2.05, 4.69) is 44.3 Å². The lowest BCUT2D eigenvalue weighted by Gasteiger charge is -2.21. The number of fused-ring (bicyclic) bond motifs is 1. The van der Waals surface area contributed by atoms with Crippen LogP contribution in [0.3, 0.4) is 0 Å². The number of hydrogen-bond donors (Lipinski definition) is 2. The highest BCUT2D eigenvalue weighted by atomic mass is 16.3. The Labute approximate surface area is 145 Å². The maximum atomic E-state index is 10.5. The first-order valence-electron chi connectivity index (χ1n) is 8.34. The van der Waals surface area contributed by atoms with Gasteiger partial charge in [-0.2, -0.15) is 5.10 Å². The van der Waals surface area contributed by atoms with Crippen LogP contribution in [0.4, 0.5) is 11.6 Å². The van der Waals surface area contributed by atoms with E-state index in [0.717, 1.165) is 25.3 Å². The lowest BCUT2D eigenvalue weighted by molar-refractivity contribution is 0.200. The van der Waals surface area contributed by atoms with Crippen molar-refractivity contribution in [3.8, 4) is 0 Å². The first-order valence-corrected chi connectivity index (χ1v) is 8.34. The Hall–Kier alpha value is -2.74. The van der Waals surface area contributed by atoms with Crippen LogP contribution in [0.15, 0.2) is 36.7 Å². The minimum atomic E-state index is -0.982. The monoisotopic (exact) mass is 339 g/mol. The van der Waals surface area contributed by atoms with Gasteiger partial charge in [0, 0.05) is 19.3 Å². The lowest BCUT2D eigenvalue weighted by atomic mass is 9.93. The molecule has 4 heterocycles. The van der Waals surface area contributed by atoms with Crippen LogP contribution in [0.25, 0.3) is 5.65 Å². The third-order valence-corrected chi connectivity index (χ3v) is 4.51. The summed E-state index contributed by atoms with van der Waals surface area (Å²) in [6, 6.07) is 7.40. The van der Waals surface area contributed by atoms with Crippen LogP contribution in [0.1, 0.15) is 32.2 Å². The van der Waals surface area contributed by atoms with E-state index in [1.54, 1.807) is 29.0 Å². The molecule has 0 aromatic carbocycles. The van der Waals surface area contributed by atoms with Gasteiger partial charge in [0.25, 0.3) is 0 Å². The molecule has 4 rings (SSSR count). The van der Waals surface area contributed by atoms with E-state index in [0.29, 0.717) is 22.6 Å². The van der Waals surface area contributed by atoms with Crippen LogP contribution < -0.4 is 10.2 Å². The Bertz CT molecular complexity index is 877. The van der Waals surface area contributed by atoms with E-state index in [1.165, 1.54) is 0 Å². The van der Waals surface area contributed by atoms with Crippen LogP contribution in [0, 0.1) is 5.41 Å². The van der Waals surface area contributed by atoms with Gasteiger partial charge in [-0.25, -0.2) is 9.50 Å². The third-order valence-electron chi connectivity index (χ3n) is 4.51. The molecule has 1 unspecified atom stereocenters. The fourth-order valence-corrected chi connectivity index (χ4v) is 3.14. The summed E-state index contributed by atoms with van der Waals surface area (Å²) in [5.41, 5.74) is 1.54. The number of aliphatic hydroxyl groups is 1. The van der Waals surface area contributed by atoms with Gasteiger partial charge in [0.15, 0.2) is 17.7 Å². The van der Waals surface area contributed by atoms with Gasteiger partial charge < -0.3 is 15.3 Å². The van der Waals surface area contributed by atoms with Crippen LogP contribution >= 0.6 is 0 Å². The maximum absolute atomic E-state index is 10.5. The van der Waals surface area contributed by atoms with Crippen molar-refractivity contribution >= 4 is 17.3 Å². The zero-order valence-electron chi connectivity index (χ0n) is 14.3. The lowest BCUT2D eigenvalue weighted by Crippen LogP contribution is -2.24. The third kappa shape index (κ3) is 3.12. The number of rotatable bonds is 4. The summed E-state index contributed by atoms with van der Waals surface area (Å²) >= 11 is 0. The minimum absolute atomic E-state index is 0.293. The van der Waals surface area contributed by atoms with Crippen molar-refractivity contribution in [1.82, 2.24) is 24.8 Å². The van der Waals surface area contributed by atoms with Crippen LogP contribution in [0.2, 0.25) is 0 Å². The number of nitrogens with one attached hydrogen (secondary N) is 1. The van der Waals surface area contributed by atoms with Gasteiger partial charge in [0.05, 0.1) is 6.20 Å². The van der Waals surface area contributed by atoms with Gasteiger partial charge in [-0.1, -0.05) is 13.8 Å². The molecule has 0 radical (unpaired) electrons. The van der Waals surface area contributed by atoms with Crippen molar-refractivity contribution in [3.63, 3.8) is 0 Å². The Morgan fingerprint density at radius 2 is 2.16 bits per heavy atom. The van der Waals surface area contributed by atoms with Gasteiger partial charge in [0.2, 0.25) is 0 Å². The number of aromatic nitrogens is 5. The molecule has 0 aliphatic carbocycles. The van der Waals surface area contributed by atoms with Crippen LogP contribution in [-0.4, -0.2) is 43.0 Å². The van der Waals surface area contributed by atoms with Crippen molar-refractivity contribution in [1.29, 1.82) is 0 Å². The molecule has 1 fully saturated rings. The smallest absolute Gasteiger partial charge is 0.170 e. The minimum Gasteiger partial charge on any atom is -0.368 e. The summed E-state index contributed by atoms with van der Waals surface area (Å²) in [5, 5.41) is 25.8. The van der Waals surface area contributed by atoms with Gasteiger partial charge in [-0.3, -0.25) is 0 Å². The first kappa shape index (κ1) is 15.8. The number of imidazole rings is 1. The molecule has 8 nitrogen and oxygen atoms in total. The molecule has 25 heavy (non-hydrogen) atoms. The Balaban J connectivity index is 1.62. The summed E-state index contributed by atoms with van der Waals surface area (Å²) in [5.74, 6) is 1.38. The van der Waals surface area contributed by atoms with Gasteiger partial charge in [-0.15, -0.1) is 10.2 Å². The maximum Gasteiger partial charge on any atom is 0.170 e. The summed E-state index contributed by atoms with van der Waals surface area (Å²) in [6.07, 6.45) is 3.36. The highest BCUT2D eigenvalue weighted by Crippen LogP contribution is 2.31. The molecule has 1 atom stereocenters. The Kier molecular flexibility index (Phi) is 3.76. The molecular weight excluding hydrogens is 318 g/mol. The van der Waals surface area contributed by atoms with E-state index in [4.69, 9.17) is 0 Å². The highest BCUT2D eigenvalue weighted by molar-refractivity contribution is 5.48. The predicted octanol–water partition coefficient (Wildman–Crippen LogP) is 1.86. The fourth-order valence-electron chi connectivity index (χ4n) is 3.14. The molecule has 2 N–H and O–H groups in total. The molecular formula is C17H21N7O. The molecule has 130 valence electrons. The second kappa shape index (κ2) is 5.96. The summed E-state index contributed by atoms with van der Waals surface area (Å²) in [4.78, 5) is 6.59. The first-order chi connectivity index (χ1) is 12.0. The van der Waals surface area contributed by atoms with Gasteiger partial charge >= 0.3 is 0 Å². The van der Waals surface area contributed by atoms with Gasteiger partial charge in [0.1, 0.15) is 11.5 Å². The fraction of sp³-hybridized carbons (Fsp3) is 0.412. The molecule has 0 bridgehead atoms. The number of anilines is 2. The molecule has 3 aromatic heterocycles. The quantitative estimate of drug-likeness (QED) is 0.701. The Morgan fingerprint density at radius 1 is 1.28 bits per heavy atom. The van der Waals surface area contributed by atoms with Crippen molar-refractivity contribution in [2.24, 2.45) is 5.41 Å². The average Bonchev–Trinajstić information content (AvgIpc) is 3.18. The average molecular weight is 339 g/mol. The van der Waals surface area contributed by atoms with E-state index < -0.39 is 6.23 Å². The zero-order chi connectivity index (χ0) is 17.4. The summed E-state index contributed by atoms with van der Waals surface area (Å²) < 4.78 is 1.68. The molecule has 0 spiro atoms. The van der Waals surface area contributed by atoms with Crippen molar-refractivity contribution in [3.05, 3.63) is 42.4 Å². The molecule has 0 amide bonds. The predicted molar refractivity (Wildman–Crippen MR) is 94.2 cm³/mol. The molecule has 8 heteroatoms. The topological polar surface area (TPSA) is 91.5 Å². The van der Waals surface area contributed by atoms with Crippen LogP contribution in [0.5, 0.6) is 0 Å². The number of aliphatic hydroxyl groups excluding tert-OH is 1. The number of nitrogens with zero attached hydrogens (tertiary/aromatic N) is 6. The summed E-state index contributed by atoms with van der Waals surface area (Å²) in [7, 11) is 0. The SMILES string of the molecule is CC1(C)CCN(c2ccc3ncc(C(O)Nc4cccnn4)n3n2)C1. The van der Waals surface area contributed by atoms with Crippen molar-refractivity contribution in [2.45, 2.75) is 26.5 Å². The standard InChI is InChI=1S/C17H21N7O/c1-17(2)7-9-23(11-17)15-6-5-14-18-10-12(24(14)22-15)16(25)20-13-4-3-8-19-21-13/h3-6,8,10,16,25H,7,9,11H2,1-2H3,(H,20,21). The van der Waals surface area contributed by atoms with Crippen molar-refractivity contribution < 1.29 is 5.11 Å². The van der Waals surface area contributed by atoms with E-state index >= 15 is 0 Å². The molecule has 1 aliphatic rings. The number of hydrogen-bond acceptors (Lipinski definition) is 7. The van der Waals surface area contributed by atoms with E-state index in [9.17, 15) is 5.11 Å². The largest absolute Gasteiger partial charge is 0.368 e. The van der Waals surface area contributed by atoms with E-state index in [-0.39, 0.29) is 0 Å². The molecule has 1 aliphatic heterocycles. The molecule has 3 aromatic rings.